The summed E-state index contributed by atoms with van der Waals surface area (Å²) in [7, 11) is 3.26. The van der Waals surface area contributed by atoms with E-state index in [1.165, 1.54) is 0 Å². The molecule has 0 radical (unpaired) electrons. The summed E-state index contributed by atoms with van der Waals surface area (Å²) in [6.07, 6.45) is 0. The van der Waals surface area contributed by atoms with Crippen LogP contribution in [0.1, 0.15) is 5.56 Å². The Morgan fingerprint density at radius 2 is 1.88 bits per heavy atom. The van der Waals surface area contributed by atoms with Crippen molar-refractivity contribution in [3.8, 4) is 34.3 Å². The lowest BCUT2D eigenvalue weighted by atomic mass is 10.1. The molecule has 134 valence electrons. The maximum absolute atomic E-state index is 5.43. The SMILES string of the molecule is COc1ccc(CNc2nc(-c3ccc4c(c3)OCO4)cs2)cc1OC. The van der Waals surface area contributed by atoms with Crippen LogP contribution in [0.3, 0.4) is 0 Å². The van der Waals surface area contributed by atoms with E-state index in [9.17, 15) is 0 Å². The average molecular weight is 370 g/mol. The second-order valence-electron chi connectivity index (χ2n) is 5.65. The van der Waals surface area contributed by atoms with Crippen LogP contribution in [0, 0.1) is 0 Å². The number of anilines is 1. The Bertz CT molecular complexity index is 926. The second-order valence-corrected chi connectivity index (χ2v) is 6.51. The summed E-state index contributed by atoms with van der Waals surface area (Å²) in [5.41, 5.74) is 3.00. The van der Waals surface area contributed by atoms with Crippen LogP contribution in [0.5, 0.6) is 23.0 Å². The van der Waals surface area contributed by atoms with E-state index < -0.39 is 0 Å². The molecule has 2 heterocycles. The van der Waals surface area contributed by atoms with Gasteiger partial charge in [0.1, 0.15) is 0 Å². The number of aromatic nitrogens is 1. The van der Waals surface area contributed by atoms with E-state index in [4.69, 9.17) is 18.9 Å². The number of ether oxygens (including phenoxy) is 4. The van der Waals surface area contributed by atoms with Crippen LogP contribution in [0.2, 0.25) is 0 Å². The largest absolute Gasteiger partial charge is 0.493 e. The van der Waals surface area contributed by atoms with Gasteiger partial charge < -0.3 is 24.3 Å². The first-order valence-corrected chi connectivity index (χ1v) is 8.95. The van der Waals surface area contributed by atoms with Gasteiger partial charge >= 0.3 is 0 Å². The molecular formula is C19H18N2O4S. The zero-order valence-electron chi connectivity index (χ0n) is 14.4. The summed E-state index contributed by atoms with van der Waals surface area (Å²) >= 11 is 1.56. The van der Waals surface area contributed by atoms with Gasteiger partial charge in [-0.05, 0) is 35.9 Å². The topological polar surface area (TPSA) is 61.8 Å². The molecule has 0 saturated heterocycles. The third-order valence-corrected chi connectivity index (χ3v) is 4.86. The molecule has 4 rings (SSSR count). The molecular weight excluding hydrogens is 352 g/mol. The molecule has 0 fully saturated rings. The number of benzene rings is 2. The third-order valence-electron chi connectivity index (χ3n) is 4.06. The summed E-state index contributed by atoms with van der Waals surface area (Å²) in [4.78, 5) is 4.65. The van der Waals surface area contributed by atoms with Crippen molar-refractivity contribution in [1.82, 2.24) is 4.98 Å². The highest BCUT2D eigenvalue weighted by atomic mass is 32.1. The maximum Gasteiger partial charge on any atom is 0.231 e. The van der Waals surface area contributed by atoms with Crippen LogP contribution in [0.25, 0.3) is 11.3 Å². The summed E-state index contributed by atoms with van der Waals surface area (Å²) in [5, 5.41) is 6.22. The van der Waals surface area contributed by atoms with Gasteiger partial charge in [-0.2, -0.15) is 0 Å². The molecule has 2 aromatic carbocycles. The first kappa shape index (κ1) is 16.5. The minimum Gasteiger partial charge on any atom is -0.493 e. The van der Waals surface area contributed by atoms with Crippen molar-refractivity contribution in [1.29, 1.82) is 0 Å². The molecule has 6 nitrogen and oxygen atoms in total. The lowest BCUT2D eigenvalue weighted by molar-refractivity contribution is 0.174. The predicted molar refractivity (Wildman–Crippen MR) is 101 cm³/mol. The van der Waals surface area contributed by atoms with E-state index in [2.05, 4.69) is 10.3 Å². The molecule has 0 saturated carbocycles. The minimum absolute atomic E-state index is 0.272. The van der Waals surface area contributed by atoms with Crippen molar-refractivity contribution in [3.63, 3.8) is 0 Å². The second kappa shape index (κ2) is 7.13. The van der Waals surface area contributed by atoms with E-state index in [-0.39, 0.29) is 6.79 Å². The quantitative estimate of drug-likeness (QED) is 0.703. The van der Waals surface area contributed by atoms with Crippen LogP contribution in [0.15, 0.2) is 41.8 Å². The van der Waals surface area contributed by atoms with Crippen LogP contribution in [-0.2, 0) is 6.54 Å². The molecule has 0 aliphatic carbocycles. The zero-order valence-corrected chi connectivity index (χ0v) is 15.3. The maximum atomic E-state index is 5.43. The molecule has 0 amide bonds. The molecule has 3 aromatic rings. The average Bonchev–Trinajstić information content (AvgIpc) is 3.34. The fraction of sp³-hybridized carbons (Fsp3) is 0.211. The number of methoxy groups -OCH3 is 2. The Labute approximate surface area is 155 Å². The molecule has 0 bridgehead atoms. The zero-order chi connectivity index (χ0) is 17.9. The van der Waals surface area contributed by atoms with Gasteiger partial charge in [-0.15, -0.1) is 11.3 Å². The van der Waals surface area contributed by atoms with Crippen LogP contribution in [-0.4, -0.2) is 26.0 Å². The Morgan fingerprint density at radius 1 is 1.04 bits per heavy atom. The monoisotopic (exact) mass is 370 g/mol. The third kappa shape index (κ3) is 3.25. The number of hydrogen-bond donors (Lipinski definition) is 1. The smallest absolute Gasteiger partial charge is 0.231 e. The van der Waals surface area contributed by atoms with Crippen LogP contribution in [0.4, 0.5) is 5.13 Å². The number of nitrogens with zero attached hydrogens (tertiary/aromatic N) is 1. The summed E-state index contributed by atoms with van der Waals surface area (Å²) in [6, 6.07) is 11.7. The van der Waals surface area contributed by atoms with Crippen molar-refractivity contribution >= 4 is 16.5 Å². The Balaban J connectivity index is 1.46. The van der Waals surface area contributed by atoms with Gasteiger partial charge in [0.25, 0.3) is 0 Å². The fourth-order valence-electron chi connectivity index (χ4n) is 2.71. The number of nitrogens with one attached hydrogen (secondary N) is 1. The normalized spacial score (nSPS) is 12.1. The summed E-state index contributed by atoms with van der Waals surface area (Å²) in [5.74, 6) is 2.97. The van der Waals surface area contributed by atoms with E-state index in [0.29, 0.717) is 12.3 Å². The molecule has 0 spiro atoms. The van der Waals surface area contributed by atoms with Gasteiger partial charge in [0.05, 0.1) is 19.9 Å². The number of hydrogen-bond acceptors (Lipinski definition) is 7. The van der Waals surface area contributed by atoms with Crippen LogP contribution >= 0.6 is 11.3 Å². The van der Waals surface area contributed by atoms with Crippen molar-refractivity contribution in [2.75, 3.05) is 26.3 Å². The molecule has 1 N–H and O–H groups in total. The standard InChI is InChI=1S/C19H18N2O4S/c1-22-15-5-3-12(7-17(15)23-2)9-20-19-21-14(10-26-19)13-4-6-16-18(8-13)25-11-24-16/h3-8,10H,9,11H2,1-2H3,(H,20,21). The van der Waals surface area contributed by atoms with Crippen molar-refractivity contribution in [3.05, 3.63) is 47.3 Å². The highest BCUT2D eigenvalue weighted by molar-refractivity contribution is 7.14. The van der Waals surface area contributed by atoms with Crippen molar-refractivity contribution < 1.29 is 18.9 Å². The molecule has 1 aromatic heterocycles. The molecule has 0 unspecified atom stereocenters. The van der Waals surface area contributed by atoms with Gasteiger partial charge in [-0.3, -0.25) is 0 Å². The van der Waals surface area contributed by atoms with E-state index in [1.54, 1.807) is 25.6 Å². The van der Waals surface area contributed by atoms with E-state index >= 15 is 0 Å². The molecule has 7 heteroatoms. The van der Waals surface area contributed by atoms with Gasteiger partial charge in [0, 0.05) is 17.5 Å². The Morgan fingerprint density at radius 3 is 2.73 bits per heavy atom. The summed E-state index contributed by atoms with van der Waals surface area (Å²) < 4.78 is 21.4. The number of fused-ring (bicyclic) bond motifs is 1. The van der Waals surface area contributed by atoms with Gasteiger partial charge in [0.2, 0.25) is 6.79 Å². The number of rotatable bonds is 6. The minimum atomic E-state index is 0.272. The van der Waals surface area contributed by atoms with Crippen molar-refractivity contribution in [2.24, 2.45) is 0 Å². The Kier molecular flexibility index (Phi) is 4.53. The molecule has 0 atom stereocenters. The summed E-state index contributed by atoms with van der Waals surface area (Å²) in [6.45, 7) is 0.919. The lowest BCUT2D eigenvalue weighted by Gasteiger charge is -2.09. The van der Waals surface area contributed by atoms with E-state index in [1.807, 2.05) is 41.8 Å². The van der Waals surface area contributed by atoms with Gasteiger partial charge in [0.15, 0.2) is 28.1 Å². The van der Waals surface area contributed by atoms with Crippen molar-refractivity contribution in [2.45, 2.75) is 6.54 Å². The highest BCUT2D eigenvalue weighted by Crippen LogP contribution is 2.36. The molecule has 26 heavy (non-hydrogen) atoms. The number of thiazole rings is 1. The highest BCUT2D eigenvalue weighted by Gasteiger charge is 2.15. The first-order valence-electron chi connectivity index (χ1n) is 8.07. The van der Waals surface area contributed by atoms with Gasteiger partial charge in [-0.25, -0.2) is 4.98 Å². The molecule has 1 aliphatic heterocycles. The Hall–Kier alpha value is -2.93. The molecule has 1 aliphatic rings. The predicted octanol–water partition coefficient (Wildman–Crippen LogP) is 4.17. The fourth-order valence-corrected chi connectivity index (χ4v) is 3.43. The lowest BCUT2D eigenvalue weighted by Crippen LogP contribution is -2.00. The van der Waals surface area contributed by atoms with Crippen LogP contribution < -0.4 is 24.3 Å². The van der Waals surface area contributed by atoms with Gasteiger partial charge in [-0.1, -0.05) is 6.07 Å². The first-order chi connectivity index (χ1) is 12.8. The van der Waals surface area contributed by atoms with E-state index in [0.717, 1.165) is 39.2 Å².